The average molecular weight is 142 g/mol. The average Bonchev–Trinajstić information content (AvgIpc) is 1.90. The predicted molar refractivity (Wildman–Crippen MR) is 38.6 cm³/mol. The molecule has 0 unspecified atom stereocenters. The van der Waals surface area contributed by atoms with Gasteiger partial charge in [-0.1, -0.05) is 18.5 Å². The highest BCUT2D eigenvalue weighted by Crippen LogP contribution is 2.05. The van der Waals surface area contributed by atoms with Crippen LogP contribution in [0, 0.1) is 0 Å². The van der Waals surface area contributed by atoms with Crippen LogP contribution in [0.1, 0.15) is 12.6 Å². The Morgan fingerprint density at radius 1 is 1.56 bits per heavy atom. The zero-order valence-corrected chi connectivity index (χ0v) is 6.02. The van der Waals surface area contributed by atoms with Gasteiger partial charge in [0.1, 0.15) is 0 Å². The summed E-state index contributed by atoms with van der Waals surface area (Å²) in [4.78, 5) is 4.06. The van der Waals surface area contributed by atoms with Crippen LogP contribution in [0.15, 0.2) is 18.3 Å². The quantitative estimate of drug-likeness (QED) is 0.585. The molecule has 1 rings (SSSR count). The fourth-order valence-electron chi connectivity index (χ4n) is 0.616. The first-order chi connectivity index (χ1) is 4.33. The first-order valence-electron chi connectivity index (χ1n) is 2.93. The van der Waals surface area contributed by atoms with Crippen molar-refractivity contribution in [3.63, 3.8) is 0 Å². The Balaban J connectivity index is 2.88. The van der Waals surface area contributed by atoms with Crippen LogP contribution in [0.3, 0.4) is 0 Å². The minimum atomic E-state index is 0.701. The summed E-state index contributed by atoms with van der Waals surface area (Å²) < 4.78 is 0. The fourth-order valence-corrected chi connectivity index (χ4v) is 0.727. The van der Waals surface area contributed by atoms with E-state index in [9.17, 15) is 0 Å². The van der Waals surface area contributed by atoms with Gasteiger partial charge in [-0.2, -0.15) is 0 Å². The lowest BCUT2D eigenvalue weighted by atomic mass is 10.3. The van der Waals surface area contributed by atoms with Gasteiger partial charge in [-0.15, -0.1) is 0 Å². The van der Waals surface area contributed by atoms with Crippen LogP contribution in [-0.2, 0) is 6.42 Å². The van der Waals surface area contributed by atoms with Gasteiger partial charge in [0.25, 0.3) is 0 Å². The van der Waals surface area contributed by atoms with Gasteiger partial charge in [0, 0.05) is 11.9 Å². The summed E-state index contributed by atoms with van der Waals surface area (Å²) in [6, 6.07) is 3.79. The Kier molecular flexibility index (Phi) is 2.06. The van der Waals surface area contributed by atoms with Crippen LogP contribution in [0.4, 0.5) is 0 Å². The van der Waals surface area contributed by atoms with Crippen molar-refractivity contribution in [2.24, 2.45) is 0 Å². The van der Waals surface area contributed by atoms with Gasteiger partial charge in [-0.3, -0.25) is 4.98 Å². The SMILES string of the molecule is CCc1ccc(Cl)cn1. The monoisotopic (exact) mass is 141 g/mol. The second-order valence-electron chi connectivity index (χ2n) is 1.82. The van der Waals surface area contributed by atoms with Crippen molar-refractivity contribution in [2.75, 3.05) is 0 Å². The maximum atomic E-state index is 5.61. The standard InChI is InChI=1S/C7H8ClN/c1-2-7-4-3-6(8)5-9-7/h3-5H,2H2,1H3. The van der Waals surface area contributed by atoms with Crippen molar-refractivity contribution in [2.45, 2.75) is 13.3 Å². The first kappa shape index (κ1) is 6.56. The molecule has 0 atom stereocenters. The molecule has 1 aromatic rings. The van der Waals surface area contributed by atoms with Crippen molar-refractivity contribution in [1.82, 2.24) is 4.98 Å². The minimum absolute atomic E-state index is 0.701. The van der Waals surface area contributed by atoms with Gasteiger partial charge >= 0.3 is 0 Å². The van der Waals surface area contributed by atoms with E-state index in [1.807, 2.05) is 12.1 Å². The van der Waals surface area contributed by atoms with E-state index in [2.05, 4.69) is 11.9 Å². The van der Waals surface area contributed by atoms with Crippen LogP contribution in [0.25, 0.3) is 0 Å². The molecule has 0 saturated heterocycles. The highest BCUT2D eigenvalue weighted by atomic mass is 35.5. The molecule has 0 amide bonds. The summed E-state index contributed by atoms with van der Waals surface area (Å²) in [5.41, 5.74) is 1.08. The molecule has 9 heavy (non-hydrogen) atoms. The molecule has 0 saturated carbocycles. The van der Waals surface area contributed by atoms with Gasteiger partial charge in [0.15, 0.2) is 0 Å². The Morgan fingerprint density at radius 2 is 2.33 bits per heavy atom. The molecule has 48 valence electrons. The van der Waals surface area contributed by atoms with E-state index in [-0.39, 0.29) is 0 Å². The lowest BCUT2D eigenvalue weighted by Gasteiger charge is -1.92. The van der Waals surface area contributed by atoms with E-state index in [4.69, 9.17) is 11.6 Å². The molecule has 0 aliphatic carbocycles. The van der Waals surface area contributed by atoms with Crippen molar-refractivity contribution in [1.29, 1.82) is 0 Å². The molecule has 0 radical (unpaired) electrons. The number of pyridine rings is 1. The molecule has 1 heterocycles. The lowest BCUT2D eigenvalue weighted by molar-refractivity contribution is 1.04. The van der Waals surface area contributed by atoms with Crippen molar-refractivity contribution in [3.8, 4) is 0 Å². The largest absolute Gasteiger partial charge is 0.260 e. The molecule has 0 bridgehead atoms. The summed E-state index contributed by atoms with van der Waals surface area (Å²) in [5, 5.41) is 0.701. The van der Waals surface area contributed by atoms with Crippen LogP contribution in [0.2, 0.25) is 5.02 Å². The molecule has 1 aromatic heterocycles. The number of hydrogen-bond donors (Lipinski definition) is 0. The maximum absolute atomic E-state index is 5.61. The topological polar surface area (TPSA) is 12.9 Å². The van der Waals surface area contributed by atoms with Crippen molar-refractivity contribution < 1.29 is 0 Å². The number of halogens is 1. The Hall–Kier alpha value is -0.560. The smallest absolute Gasteiger partial charge is 0.0589 e. The molecule has 0 aromatic carbocycles. The van der Waals surface area contributed by atoms with E-state index >= 15 is 0 Å². The summed E-state index contributed by atoms with van der Waals surface area (Å²) in [5.74, 6) is 0. The number of hydrogen-bond acceptors (Lipinski definition) is 1. The molecule has 0 aliphatic rings. The normalized spacial score (nSPS) is 9.56. The van der Waals surface area contributed by atoms with Gasteiger partial charge < -0.3 is 0 Å². The van der Waals surface area contributed by atoms with Gasteiger partial charge in [-0.05, 0) is 18.6 Å². The fraction of sp³-hybridized carbons (Fsp3) is 0.286. The molecule has 1 nitrogen and oxygen atoms in total. The van der Waals surface area contributed by atoms with Gasteiger partial charge in [0.2, 0.25) is 0 Å². The zero-order valence-electron chi connectivity index (χ0n) is 5.26. The van der Waals surface area contributed by atoms with Gasteiger partial charge in [0.05, 0.1) is 5.02 Å². The molecule has 0 N–H and O–H groups in total. The lowest BCUT2D eigenvalue weighted by Crippen LogP contribution is -1.82. The highest BCUT2D eigenvalue weighted by Gasteiger charge is 1.87. The minimum Gasteiger partial charge on any atom is -0.260 e. The molecule has 0 aliphatic heterocycles. The van der Waals surface area contributed by atoms with Crippen LogP contribution >= 0.6 is 11.6 Å². The van der Waals surface area contributed by atoms with E-state index in [0.29, 0.717) is 5.02 Å². The van der Waals surface area contributed by atoms with E-state index in [0.717, 1.165) is 12.1 Å². The number of rotatable bonds is 1. The van der Waals surface area contributed by atoms with Crippen LogP contribution in [-0.4, -0.2) is 4.98 Å². The Bertz CT molecular complexity index is 181. The third-order valence-electron chi connectivity index (χ3n) is 1.15. The second kappa shape index (κ2) is 2.83. The Morgan fingerprint density at radius 3 is 2.78 bits per heavy atom. The molecule has 0 spiro atoms. The van der Waals surface area contributed by atoms with Crippen LogP contribution in [0.5, 0.6) is 0 Å². The first-order valence-corrected chi connectivity index (χ1v) is 3.31. The summed E-state index contributed by atoms with van der Waals surface area (Å²) in [6.07, 6.45) is 2.64. The second-order valence-corrected chi connectivity index (χ2v) is 2.26. The summed E-state index contributed by atoms with van der Waals surface area (Å²) in [7, 11) is 0. The molecule has 2 heteroatoms. The predicted octanol–water partition coefficient (Wildman–Crippen LogP) is 2.30. The number of aryl methyl sites for hydroxylation is 1. The van der Waals surface area contributed by atoms with Crippen molar-refractivity contribution in [3.05, 3.63) is 29.0 Å². The van der Waals surface area contributed by atoms with E-state index in [1.54, 1.807) is 6.20 Å². The molecule has 0 fully saturated rings. The maximum Gasteiger partial charge on any atom is 0.0589 e. The molecular weight excluding hydrogens is 134 g/mol. The highest BCUT2D eigenvalue weighted by molar-refractivity contribution is 6.30. The van der Waals surface area contributed by atoms with Crippen LogP contribution < -0.4 is 0 Å². The number of nitrogens with zero attached hydrogens (tertiary/aromatic N) is 1. The van der Waals surface area contributed by atoms with E-state index in [1.165, 1.54) is 0 Å². The molecular formula is C7H8ClN. The number of aromatic nitrogens is 1. The van der Waals surface area contributed by atoms with Gasteiger partial charge in [-0.25, -0.2) is 0 Å². The summed E-state index contributed by atoms with van der Waals surface area (Å²) in [6.45, 7) is 2.07. The Labute approximate surface area is 59.7 Å². The third-order valence-corrected chi connectivity index (χ3v) is 1.37. The zero-order chi connectivity index (χ0) is 6.69. The van der Waals surface area contributed by atoms with Crippen molar-refractivity contribution >= 4 is 11.6 Å². The van der Waals surface area contributed by atoms with E-state index < -0.39 is 0 Å². The summed E-state index contributed by atoms with van der Waals surface area (Å²) >= 11 is 5.61. The third kappa shape index (κ3) is 1.68.